The van der Waals surface area contributed by atoms with E-state index < -0.39 is 4.32 Å². The number of alkyl halides is 1. The van der Waals surface area contributed by atoms with Crippen molar-refractivity contribution in [2.45, 2.75) is 18.2 Å². The van der Waals surface area contributed by atoms with Gasteiger partial charge in [0.15, 0.2) is 0 Å². The van der Waals surface area contributed by atoms with Crippen LogP contribution in [0.2, 0.25) is 0 Å². The van der Waals surface area contributed by atoms with E-state index in [-0.39, 0.29) is 5.91 Å². The SMILES string of the molecule is COCCOc1ccc(NC(=O)C(C)(C)Br)cn1. The van der Waals surface area contributed by atoms with Crippen LogP contribution in [0, 0.1) is 0 Å². The van der Waals surface area contributed by atoms with Crippen LogP contribution in [0.15, 0.2) is 18.3 Å². The lowest BCUT2D eigenvalue weighted by molar-refractivity contribution is -0.117. The summed E-state index contributed by atoms with van der Waals surface area (Å²) in [5.74, 6) is 0.375. The van der Waals surface area contributed by atoms with Crippen molar-refractivity contribution in [3.05, 3.63) is 18.3 Å². The summed E-state index contributed by atoms with van der Waals surface area (Å²) in [6.07, 6.45) is 1.55. The first-order valence-corrected chi connectivity index (χ1v) is 6.31. The summed E-state index contributed by atoms with van der Waals surface area (Å²) in [5.41, 5.74) is 0.631. The number of nitrogens with one attached hydrogen (secondary N) is 1. The van der Waals surface area contributed by atoms with Crippen LogP contribution >= 0.6 is 15.9 Å². The molecule has 1 aromatic heterocycles. The normalized spacial score (nSPS) is 11.1. The number of ether oxygens (including phenoxy) is 2. The molecule has 18 heavy (non-hydrogen) atoms. The summed E-state index contributed by atoms with van der Waals surface area (Å²) in [7, 11) is 1.61. The largest absolute Gasteiger partial charge is 0.475 e. The number of carbonyl (C=O) groups excluding carboxylic acids is 1. The van der Waals surface area contributed by atoms with Crippen LogP contribution in [0.1, 0.15) is 13.8 Å². The minimum Gasteiger partial charge on any atom is -0.475 e. The maximum Gasteiger partial charge on any atom is 0.240 e. The molecular formula is C12H17BrN2O3. The quantitative estimate of drug-likeness (QED) is 0.645. The van der Waals surface area contributed by atoms with Gasteiger partial charge in [-0.15, -0.1) is 0 Å². The molecule has 0 unspecified atom stereocenters. The van der Waals surface area contributed by atoms with Gasteiger partial charge < -0.3 is 14.8 Å². The number of halogens is 1. The molecule has 1 rings (SSSR count). The number of nitrogens with zero attached hydrogens (tertiary/aromatic N) is 1. The molecule has 0 atom stereocenters. The van der Waals surface area contributed by atoms with E-state index >= 15 is 0 Å². The van der Waals surface area contributed by atoms with E-state index in [4.69, 9.17) is 9.47 Å². The second-order valence-corrected chi connectivity index (χ2v) is 6.14. The van der Waals surface area contributed by atoms with Crippen LogP contribution in [0.25, 0.3) is 0 Å². The van der Waals surface area contributed by atoms with Crippen LogP contribution in [0.4, 0.5) is 5.69 Å². The first-order chi connectivity index (χ1) is 8.43. The molecule has 0 saturated carbocycles. The highest BCUT2D eigenvalue weighted by molar-refractivity contribution is 9.10. The van der Waals surface area contributed by atoms with Gasteiger partial charge in [-0.3, -0.25) is 4.79 Å². The average molecular weight is 317 g/mol. The van der Waals surface area contributed by atoms with Crippen molar-refractivity contribution >= 4 is 27.5 Å². The fourth-order valence-corrected chi connectivity index (χ4v) is 1.15. The first-order valence-electron chi connectivity index (χ1n) is 5.51. The van der Waals surface area contributed by atoms with Crippen molar-refractivity contribution in [2.75, 3.05) is 25.6 Å². The van der Waals surface area contributed by atoms with Crippen molar-refractivity contribution in [1.82, 2.24) is 4.98 Å². The fourth-order valence-electron chi connectivity index (χ4n) is 1.05. The van der Waals surface area contributed by atoms with Gasteiger partial charge in [0.05, 0.1) is 22.8 Å². The van der Waals surface area contributed by atoms with E-state index in [1.165, 1.54) is 0 Å². The zero-order valence-corrected chi connectivity index (χ0v) is 12.3. The Bertz CT molecular complexity index is 387. The van der Waals surface area contributed by atoms with Crippen LogP contribution in [0.3, 0.4) is 0 Å². The molecule has 0 spiro atoms. The summed E-state index contributed by atoms with van der Waals surface area (Å²) in [5, 5.41) is 2.75. The minimum absolute atomic E-state index is 0.127. The Morgan fingerprint density at radius 1 is 1.44 bits per heavy atom. The number of pyridine rings is 1. The summed E-state index contributed by atoms with van der Waals surface area (Å²) in [6.45, 7) is 4.51. The van der Waals surface area contributed by atoms with Gasteiger partial charge in [-0.05, 0) is 19.9 Å². The first kappa shape index (κ1) is 14.9. The van der Waals surface area contributed by atoms with Crippen LogP contribution in [-0.4, -0.2) is 35.5 Å². The third-order valence-electron chi connectivity index (χ3n) is 2.07. The molecule has 100 valence electrons. The van der Waals surface area contributed by atoms with E-state index in [9.17, 15) is 4.79 Å². The van der Waals surface area contributed by atoms with Gasteiger partial charge in [0.1, 0.15) is 6.61 Å². The zero-order valence-electron chi connectivity index (χ0n) is 10.7. The van der Waals surface area contributed by atoms with E-state index in [0.717, 1.165) is 0 Å². The average Bonchev–Trinajstić information content (AvgIpc) is 2.30. The minimum atomic E-state index is -0.610. The Kier molecular flexibility index (Phi) is 5.55. The summed E-state index contributed by atoms with van der Waals surface area (Å²) in [4.78, 5) is 15.8. The molecule has 0 radical (unpaired) electrons. The number of rotatable bonds is 6. The highest BCUT2D eigenvalue weighted by Crippen LogP contribution is 2.19. The molecular weight excluding hydrogens is 300 g/mol. The number of hydrogen-bond acceptors (Lipinski definition) is 4. The standard InChI is InChI=1S/C12H17BrN2O3/c1-12(2,13)11(16)15-9-4-5-10(14-8-9)18-7-6-17-3/h4-5,8H,6-7H2,1-3H3,(H,15,16). The van der Waals surface area contributed by atoms with Gasteiger partial charge in [-0.25, -0.2) is 4.98 Å². The number of carbonyl (C=O) groups is 1. The second kappa shape index (κ2) is 6.70. The second-order valence-electron chi connectivity index (χ2n) is 4.15. The summed E-state index contributed by atoms with van der Waals surface area (Å²) in [6, 6.07) is 3.44. The Balaban J connectivity index is 2.53. The fraction of sp³-hybridized carbons (Fsp3) is 0.500. The van der Waals surface area contributed by atoms with Crippen molar-refractivity contribution in [1.29, 1.82) is 0 Å². The topological polar surface area (TPSA) is 60.5 Å². The van der Waals surface area contributed by atoms with Crippen molar-refractivity contribution in [3.63, 3.8) is 0 Å². The Hall–Kier alpha value is -1.14. The van der Waals surface area contributed by atoms with Crippen molar-refractivity contribution in [2.24, 2.45) is 0 Å². The van der Waals surface area contributed by atoms with E-state index in [0.29, 0.717) is 24.8 Å². The third kappa shape index (κ3) is 5.01. The zero-order chi connectivity index (χ0) is 13.6. The summed E-state index contributed by atoms with van der Waals surface area (Å²) < 4.78 is 9.57. The lowest BCUT2D eigenvalue weighted by Crippen LogP contribution is -2.30. The molecule has 1 amide bonds. The predicted octanol–water partition coefficient (Wildman–Crippen LogP) is 2.22. The number of amides is 1. The monoisotopic (exact) mass is 316 g/mol. The molecule has 1 aromatic rings. The lowest BCUT2D eigenvalue weighted by atomic mass is 10.2. The molecule has 6 heteroatoms. The van der Waals surface area contributed by atoms with E-state index in [1.54, 1.807) is 39.3 Å². The molecule has 0 aliphatic heterocycles. The van der Waals surface area contributed by atoms with Gasteiger partial charge in [0.25, 0.3) is 0 Å². The highest BCUT2D eigenvalue weighted by Gasteiger charge is 2.23. The van der Waals surface area contributed by atoms with Gasteiger partial charge in [-0.1, -0.05) is 15.9 Å². The molecule has 0 saturated heterocycles. The predicted molar refractivity (Wildman–Crippen MR) is 73.2 cm³/mol. The molecule has 1 heterocycles. The third-order valence-corrected chi connectivity index (χ3v) is 2.43. The Labute approximate surface area is 115 Å². The van der Waals surface area contributed by atoms with E-state index in [1.807, 2.05) is 0 Å². The van der Waals surface area contributed by atoms with Gasteiger partial charge in [-0.2, -0.15) is 0 Å². The molecule has 0 aliphatic rings. The number of hydrogen-bond donors (Lipinski definition) is 1. The van der Waals surface area contributed by atoms with Crippen LogP contribution in [0.5, 0.6) is 5.88 Å². The van der Waals surface area contributed by atoms with Crippen molar-refractivity contribution in [3.8, 4) is 5.88 Å². The van der Waals surface area contributed by atoms with Crippen LogP contribution in [-0.2, 0) is 9.53 Å². The molecule has 5 nitrogen and oxygen atoms in total. The lowest BCUT2D eigenvalue weighted by Gasteiger charge is -2.15. The Morgan fingerprint density at radius 2 is 2.17 bits per heavy atom. The molecule has 0 bridgehead atoms. The number of aromatic nitrogens is 1. The maximum absolute atomic E-state index is 11.7. The molecule has 1 N–H and O–H groups in total. The molecule has 0 aliphatic carbocycles. The van der Waals surface area contributed by atoms with Gasteiger partial charge in [0, 0.05) is 13.2 Å². The number of anilines is 1. The summed E-state index contributed by atoms with van der Waals surface area (Å²) >= 11 is 3.29. The molecule has 0 aromatic carbocycles. The molecule has 0 fully saturated rings. The number of methoxy groups -OCH3 is 1. The highest BCUT2D eigenvalue weighted by atomic mass is 79.9. The maximum atomic E-state index is 11.7. The van der Waals surface area contributed by atoms with Crippen molar-refractivity contribution < 1.29 is 14.3 Å². The van der Waals surface area contributed by atoms with Crippen LogP contribution < -0.4 is 10.1 Å². The van der Waals surface area contributed by atoms with Gasteiger partial charge >= 0.3 is 0 Å². The Morgan fingerprint density at radius 3 is 2.67 bits per heavy atom. The smallest absolute Gasteiger partial charge is 0.240 e. The van der Waals surface area contributed by atoms with Gasteiger partial charge in [0.2, 0.25) is 11.8 Å². The van der Waals surface area contributed by atoms with E-state index in [2.05, 4.69) is 26.2 Å².